The van der Waals surface area contributed by atoms with Gasteiger partial charge < -0.3 is 4.90 Å². The molecule has 0 bridgehead atoms. The molecule has 0 fully saturated rings. The van der Waals surface area contributed by atoms with E-state index in [1.165, 1.54) is 12.1 Å². The van der Waals surface area contributed by atoms with Crippen LogP contribution in [-0.4, -0.2) is 22.9 Å². The van der Waals surface area contributed by atoms with Gasteiger partial charge in [0.05, 0.1) is 4.92 Å². The standard InChI is InChI=1S/C13H20N4O3/c1-8(2)16(9(3)4)11-6-5-10(13(18)15-14)7-12(11)17(19)20/h5-9H,14H2,1-4H3,(H,15,18). The van der Waals surface area contributed by atoms with Gasteiger partial charge in [-0.15, -0.1) is 0 Å². The van der Waals surface area contributed by atoms with Crippen molar-refractivity contribution in [1.82, 2.24) is 5.43 Å². The molecule has 7 heteroatoms. The Morgan fingerprint density at radius 1 is 1.30 bits per heavy atom. The molecule has 20 heavy (non-hydrogen) atoms. The normalized spacial score (nSPS) is 10.8. The number of carbonyl (C=O) groups is 1. The van der Waals surface area contributed by atoms with E-state index in [1.54, 1.807) is 6.07 Å². The molecule has 0 heterocycles. The maximum atomic E-state index is 11.5. The summed E-state index contributed by atoms with van der Waals surface area (Å²) >= 11 is 0. The Morgan fingerprint density at radius 3 is 2.25 bits per heavy atom. The number of nitrogens with zero attached hydrogens (tertiary/aromatic N) is 2. The number of hydrogen-bond acceptors (Lipinski definition) is 5. The van der Waals surface area contributed by atoms with Gasteiger partial charge in [0.15, 0.2) is 0 Å². The van der Waals surface area contributed by atoms with E-state index in [0.717, 1.165) is 0 Å². The molecule has 1 rings (SSSR count). The molecule has 0 radical (unpaired) electrons. The van der Waals surface area contributed by atoms with Crippen molar-refractivity contribution in [1.29, 1.82) is 0 Å². The average molecular weight is 280 g/mol. The van der Waals surface area contributed by atoms with E-state index < -0.39 is 10.8 Å². The molecule has 0 atom stereocenters. The third kappa shape index (κ3) is 3.24. The third-order valence-electron chi connectivity index (χ3n) is 2.96. The maximum absolute atomic E-state index is 11.5. The molecule has 0 saturated heterocycles. The summed E-state index contributed by atoms with van der Waals surface area (Å²) in [5, 5.41) is 11.3. The van der Waals surface area contributed by atoms with E-state index >= 15 is 0 Å². The van der Waals surface area contributed by atoms with E-state index in [1.807, 2.05) is 38.0 Å². The summed E-state index contributed by atoms with van der Waals surface area (Å²) in [4.78, 5) is 24.2. The highest BCUT2D eigenvalue weighted by Gasteiger charge is 2.25. The quantitative estimate of drug-likeness (QED) is 0.371. The van der Waals surface area contributed by atoms with Crippen LogP contribution in [0.4, 0.5) is 11.4 Å². The topological polar surface area (TPSA) is 102 Å². The highest BCUT2D eigenvalue weighted by atomic mass is 16.6. The van der Waals surface area contributed by atoms with Crippen LogP contribution in [0.3, 0.4) is 0 Å². The van der Waals surface area contributed by atoms with Crippen LogP contribution in [0.25, 0.3) is 0 Å². The van der Waals surface area contributed by atoms with Crippen molar-refractivity contribution in [3.63, 3.8) is 0 Å². The molecule has 0 spiro atoms. The van der Waals surface area contributed by atoms with Crippen LogP contribution in [0, 0.1) is 10.1 Å². The fraction of sp³-hybridized carbons (Fsp3) is 0.462. The molecule has 3 N–H and O–H groups in total. The Morgan fingerprint density at radius 2 is 1.85 bits per heavy atom. The van der Waals surface area contributed by atoms with E-state index in [2.05, 4.69) is 0 Å². The Balaban J connectivity index is 3.39. The first-order valence-electron chi connectivity index (χ1n) is 6.37. The summed E-state index contributed by atoms with van der Waals surface area (Å²) in [5.74, 6) is 4.49. The third-order valence-corrected chi connectivity index (χ3v) is 2.96. The highest BCUT2D eigenvalue weighted by molar-refractivity contribution is 5.95. The molecule has 0 aliphatic heterocycles. The molecule has 1 amide bonds. The van der Waals surface area contributed by atoms with Gasteiger partial charge >= 0.3 is 0 Å². The van der Waals surface area contributed by atoms with Gasteiger partial charge in [-0.3, -0.25) is 20.3 Å². The molecular formula is C13H20N4O3. The van der Waals surface area contributed by atoms with Crippen molar-refractivity contribution >= 4 is 17.3 Å². The van der Waals surface area contributed by atoms with Gasteiger partial charge in [0.25, 0.3) is 11.6 Å². The van der Waals surface area contributed by atoms with Crippen LogP contribution in [0.1, 0.15) is 38.1 Å². The van der Waals surface area contributed by atoms with Gasteiger partial charge in [0, 0.05) is 23.7 Å². The Hall–Kier alpha value is -2.15. The minimum Gasteiger partial charge on any atom is -0.361 e. The smallest absolute Gasteiger partial charge is 0.293 e. The van der Waals surface area contributed by atoms with Crippen molar-refractivity contribution in [3.05, 3.63) is 33.9 Å². The number of amides is 1. The Labute approximate surface area is 117 Å². The fourth-order valence-corrected chi connectivity index (χ4v) is 2.27. The minimum absolute atomic E-state index is 0.0999. The van der Waals surface area contributed by atoms with Crippen LogP contribution < -0.4 is 16.2 Å². The summed E-state index contributed by atoms with van der Waals surface area (Å²) in [6.07, 6.45) is 0. The van der Waals surface area contributed by atoms with Crippen LogP contribution >= 0.6 is 0 Å². The first kappa shape index (κ1) is 15.9. The van der Waals surface area contributed by atoms with Gasteiger partial charge in [-0.05, 0) is 39.8 Å². The Kier molecular flexibility index (Phi) is 5.04. The SMILES string of the molecule is CC(C)N(c1ccc(C(=O)NN)cc1[N+](=O)[O-])C(C)C. The van der Waals surface area contributed by atoms with Crippen molar-refractivity contribution in [3.8, 4) is 0 Å². The predicted molar refractivity (Wildman–Crippen MR) is 77.5 cm³/mol. The summed E-state index contributed by atoms with van der Waals surface area (Å²) in [6, 6.07) is 4.56. The van der Waals surface area contributed by atoms with E-state index in [9.17, 15) is 14.9 Å². The van der Waals surface area contributed by atoms with E-state index in [-0.39, 0.29) is 23.3 Å². The minimum atomic E-state index is -0.555. The lowest BCUT2D eigenvalue weighted by Gasteiger charge is -2.32. The number of anilines is 1. The average Bonchev–Trinajstić information content (AvgIpc) is 2.37. The van der Waals surface area contributed by atoms with Crippen molar-refractivity contribution in [2.75, 3.05) is 4.90 Å². The zero-order chi connectivity index (χ0) is 15.4. The van der Waals surface area contributed by atoms with Gasteiger partial charge in [0.1, 0.15) is 5.69 Å². The van der Waals surface area contributed by atoms with E-state index in [0.29, 0.717) is 5.69 Å². The number of hydrazine groups is 1. The number of rotatable bonds is 5. The second kappa shape index (κ2) is 6.33. The molecule has 7 nitrogen and oxygen atoms in total. The summed E-state index contributed by atoms with van der Waals surface area (Å²) in [6.45, 7) is 7.85. The zero-order valence-electron chi connectivity index (χ0n) is 12.1. The highest BCUT2D eigenvalue weighted by Crippen LogP contribution is 2.32. The lowest BCUT2D eigenvalue weighted by Crippen LogP contribution is -2.37. The number of nitrogen functional groups attached to an aromatic ring is 1. The van der Waals surface area contributed by atoms with E-state index in [4.69, 9.17) is 5.84 Å². The first-order valence-corrected chi connectivity index (χ1v) is 6.37. The molecular weight excluding hydrogens is 260 g/mol. The number of carbonyl (C=O) groups excluding carboxylic acids is 1. The van der Waals surface area contributed by atoms with Crippen molar-refractivity contribution in [2.24, 2.45) is 5.84 Å². The number of nitro benzene ring substituents is 1. The van der Waals surface area contributed by atoms with Crippen LogP contribution in [-0.2, 0) is 0 Å². The number of nitro groups is 1. The van der Waals surface area contributed by atoms with Gasteiger partial charge in [-0.25, -0.2) is 5.84 Å². The van der Waals surface area contributed by atoms with Crippen molar-refractivity contribution in [2.45, 2.75) is 39.8 Å². The summed E-state index contributed by atoms with van der Waals surface area (Å²) in [7, 11) is 0. The number of nitrogens with two attached hydrogens (primary N) is 1. The molecule has 0 aliphatic rings. The van der Waals surface area contributed by atoms with Crippen LogP contribution in [0.15, 0.2) is 18.2 Å². The van der Waals surface area contributed by atoms with Crippen LogP contribution in [0.5, 0.6) is 0 Å². The second-order valence-electron chi connectivity index (χ2n) is 5.03. The molecule has 0 aromatic heterocycles. The van der Waals surface area contributed by atoms with Gasteiger partial charge in [0.2, 0.25) is 0 Å². The fourth-order valence-electron chi connectivity index (χ4n) is 2.27. The molecule has 0 unspecified atom stereocenters. The molecule has 110 valence electrons. The Bertz CT molecular complexity index is 506. The maximum Gasteiger partial charge on any atom is 0.293 e. The predicted octanol–water partition coefficient (Wildman–Crippen LogP) is 1.82. The zero-order valence-corrected chi connectivity index (χ0v) is 12.1. The molecule has 1 aromatic rings. The van der Waals surface area contributed by atoms with Crippen LogP contribution in [0.2, 0.25) is 0 Å². The number of benzene rings is 1. The first-order chi connectivity index (χ1) is 9.29. The molecule has 1 aromatic carbocycles. The van der Waals surface area contributed by atoms with Crippen molar-refractivity contribution < 1.29 is 9.72 Å². The largest absolute Gasteiger partial charge is 0.361 e. The number of hydrogen-bond donors (Lipinski definition) is 2. The molecule has 0 aliphatic carbocycles. The van der Waals surface area contributed by atoms with Gasteiger partial charge in [-0.2, -0.15) is 0 Å². The monoisotopic (exact) mass is 280 g/mol. The van der Waals surface area contributed by atoms with Gasteiger partial charge in [-0.1, -0.05) is 0 Å². The lowest BCUT2D eigenvalue weighted by atomic mass is 10.1. The second-order valence-corrected chi connectivity index (χ2v) is 5.03. The lowest BCUT2D eigenvalue weighted by molar-refractivity contribution is -0.384. The number of nitrogens with one attached hydrogen (secondary N) is 1. The summed E-state index contributed by atoms with van der Waals surface area (Å²) < 4.78 is 0. The molecule has 0 saturated carbocycles. The summed E-state index contributed by atoms with van der Waals surface area (Å²) in [5.41, 5.74) is 2.52.